The smallest absolute Gasteiger partial charge is 0.242 e. The van der Waals surface area contributed by atoms with E-state index in [4.69, 9.17) is 23.2 Å². The Morgan fingerprint density at radius 2 is 1.86 bits per heavy atom. The highest BCUT2D eigenvalue weighted by Crippen LogP contribution is 2.24. The third-order valence-electron chi connectivity index (χ3n) is 4.43. The zero-order valence-corrected chi connectivity index (χ0v) is 19.2. The van der Waals surface area contributed by atoms with Crippen LogP contribution in [0.2, 0.25) is 10.0 Å². The summed E-state index contributed by atoms with van der Waals surface area (Å²) >= 11 is 13.6. The molecule has 2 rings (SSSR count). The Balaban J connectivity index is 2.08. The molecule has 2 amide bonds. The normalized spacial score (nSPS) is 11.8. The van der Waals surface area contributed by atoms with Crippen LogP contribution in [0.1, 0.15) is 30.5 Å². The SMILES string of the molecule is CCNC(=O)[C@@H](C)N(Cc1ccc(Cl)c(Cl)c1)C(=O)CSCc1cccc(C)c1. The number of likely N-dealkylation sites (N-methyl/N-ethyl adjacent to an activating group) is 1. The molecule has 0 saturated carbocycles. The minimum Gasteiger partial charge on any atom is -0.355 e. The highest BCUT2D eigenvalue weighted by Gasteiger charge is 2.25. The lowest BCUT2D eigenvalue weighted by atomic mass is 10.1. The highest BCUT2D eigenvalue weighted by atomic mass is 35.5. The van der Waals surface area contributed by atoms with E-state index >= 15 is 0 Å². The van der Waals surface area contributed by atoms with Crippen molar-refractivity contribution in [2.45, 2.75) is 39.1 Å². The standard InChI is InChI=1S/C22H26Cl2N2O2S/c1-4-25-22(28)16(3)26(12-17-8-9-19(23)20(24)11-17)21(27)14-29-13-18-7-5-6-15(2)10-18/h5-11,16H,4,12-14H2,1-3H3,(H,25,28)/t16-/m1/s1. The van der Waals surface area contributed by atoms with Crippen LogP contribution < -0.4 is 5.32 Å². The molecule has 0 aliphatic carbocycles. The van der Waals surface area contributed by atoms with Crippen LogP contribution in [0.3, 0.4) is 0 Å². The fourth-order valence-electron chi connectivity index (χ4n) is 2.88. The van der Waals surface area contributed by atoms with Gasteiger partial charge in [0.2, 0.25) is 11.8 Å². The number of rotatable bonds is 9. The zero-order valence-electron chi connectivity index (χ0n) is 16.9. The van der Waals surface area contributed by atoms with Gasteiger partial charge in [-0.15, -0.1) is 11.8 Å². The largest absolute Gasteiger partial charge is 0.355 e. The third kappa shape index (κ3) is 7.25. The van der Waals surface area contributed by atoms with Crippen molar-refractivity contribution < 1.29 is 9.59 Å². The van der Waals surface area contributed by atoms with E-state index in [2.05, 4.69) is 17.4 Å². The van der Waals surface area contributed by atoms with Gasteiger partial charge in [-0.2, -0.15) is 0 Å². The second-order valence-corrected chi connectivity index (χ2v) is 8.62. The number of benzene rings is 2. The first-order valence-corrected chi connectivity index (χ1v) is 11.4. The van der Waals surface area contributed by atoms with Gasteiger partial charge in [0, 0.05) is 18.8 Å². The summed E-state index contributed by atoms with van der Waals surface area (Å²) in [5.74, 6) is 0.764. The van der Waals surface area contributed by atoms with E-state index < -0.39 is 6.04 Å². The summed E-state index contributed by atoms with van der Waals surface area (Å²) in [6, 6.07) is 12.9. The molecule has 1 atom stereocenters. The van der Waals surface area contributed by atoms with Gasteiger partial charge in [-0.25, -0.2) is 0 Å². The summed E-state index contributed by atoms with van der Waals surface area (Å²) in [5.41, 5.74) is 3.20. The number of amides is 2. The van der Waals surface area contributed by atoms with Crippen molar-refractivity contribution in [3.8, 4) is 0 Å². The molecule has 0 unspecified atom stereocenters. The van der Waals surface area contributed by atoms with Gasteiger partial charge >= 0.3 is 0 Å². The quantitative estimate of drug-likeness (QED) is 0.576. The van der Waals surface area contributed by atoms with E-state index in [9.17, 15) is 9.59 Å². The summed E-state index contributed by atoms with van der Waals surface area (Å²) in [4.78, 5) is 26.9. The van der Waals surface area contributed by atoms with Gasteiger partial charge < -0.3 is 10.2 Å². The lowest BCUT2D eigenvalue weighted by molar-refractivity contribution is -0.138. The van der Waals surface area contributed by atoms with Crippen molar-refractivity contribution in [2.24, 2.45) is 0 Å². The molecular weight excluding hydrogens is 427 g/mol. The van der Waals surface area contributed by atoms with Crippen LogP contribution in [-0.2, 0) is 21.9 Å². The maximum Gasteiger partial charge on any atom is 0.242 e. The topological polar surface area (TPSA) is 49.4 Å². The molecule has 0 heterocycles. The average Bonchev–Trinajstić information content (AvgIpc) is 2.68. The molecule has 0 fully saturated rings. The molecule has 0 aliphatic heterocycles. The molecule has 4 nitrogen and oxygen atoms in total. The Labute approximate surface area is 187 Å². The van der Waals surface area contributed by atoms with Crippen LogP contribution in [0.5, 0.6) is 0 Å². The van der Waals surface area contributed by atoms with E-state index in [-0.39, 0.29) is 11.8 Å². The molecule has 0 radical (unpaired) electrons. The first-order valence-electron chi connectivity index (χ1n) is 9.46. The average molecular weight is 453 g/mol. The molecule has 29 heavy (non-hydrogen) atoms. The molecule has 0 aliphatic rings. The number of carbonyl (C=O) groups excluding carboxylic acids is 2. The molecule has 0 saturated heterocycles. The fourth-order valence-corrected chi connectivity index (χ4v) is 4.06. The van der Waals surface area contributed by atoms with Crippen LogP contribution in [-0.4, -0.2) is 35.1 Å². The van der Waals surface area contributed by atoms with Crippen molar-refractivity contribution >= 4 is 46.8 Å². The summed E-state index contributed by atoms with van der Waals surface area (Å²) in [7, 11) is 0. The van der Waals surface area contributed by atoms with Crippen molar-refractivity contribution in [1.82, 2.24) is 10.2 Å². The van der Waals surface area contributed by atoms with Crippen molar-refractivity contribution in [1.29, 1.82) is 0 Å². The fraction of sp³-hybridized carbons (Fsp3) is 0.364. The molecule has 0 aromatic heterocycles. The van der Waals surface area contributed by atoms with Crippen LogP contribution in [0.4, 0.5) is 0 Å². The summed E-state index contributed by atoms with van der Waals surface area (Å²) < 4.78 is 0. The van der Waals surface area contributed by atoms with Crippen molar-refractivity contribution in [2.75, 3.05) is 12.3 Å². The zero-order chi connectivity index (χ0) is 21.4. The molecule has 156 valence electrons. The summed E-state index contributed by atoms with van der Waals surface area (Å²) in [6.07, 6.45) is 0. The van der Waals surface area contributed by atoms with Crippen molar-refractivity contribution in [3.63, 3.8) is 0 Å². The molecule has 2 aromatic rings. The maximum atomic E-state index is 13.0. The Bertz CT molecular complexity index is 860. The summed E-state index contributed by atoms with van der Waals surface area (Å²) in [6.45, 7) is 6.45. The monoisotopic (exact) mass is 452 g/mol. The maximum absolute atomic E-state index is 13.0. The van der Waals surface area contributed by atoms with Crippen LogP contribution in [0, 0.1) is 6.92 Å². The molecular formula is C22H26Cl2N2O2S. The van der Waals surface area contributed by atoms with Crippen LogP contribution in [0.25, 0.3) is 0 Å². The van der Waals surface area contributed by atoms with Gasteiger partial charge in [0.1, 0.15) is 6.04 Å². The number of thioether (sulfide) groups is 1. The Kier molecular flexibility index (Phi) is 9.34. The number of carbonyl (C=O) groups is 2. The number of nitrogens with zero attached hydrogens (tertiary/aromatic N) is 1. The molecule has 1 N–H and O–H groups in total. The Hall–Kier alpha value is -1.69. The lowest BCUT2D eigenvalue weighted by Gasteiger charge is -2.28. The van der Waals surface area contributed by atoms with Crippen LogP contribution in [0.15, 0.2) is 42.5 Å². The van der Waals surface area contributed by atoms with Gasteiger partial charge in [0.15, 0.2) is 0 Å². The first kappa shape index (κ1) is 23.6. The van der Waals surface area contributed by atoms with Gasteiger partial charge in [0.05, 0.1) is 15.8 Å². The van der Waals surface area contributed by atoms with Gasteiger partial charge in [-0.1, -0.05) is 59.1 Å². The molecule has 2 aromatic carbocycles. The Morgan fingerprint density at radius 1 is 1.10 bits per heavy atom. The second kappa shape index (κ2) is 11.5. The van der Waals surface area contributed by atoms with E-state index in [1.54, 1.807) is 35.7 Å². The second-order valence-electron chi connectivity index (χ2n) is 6.82. The number of hydrogen-bond donors (Lipinski definition) is 1. The highest BCUT2D eigenvalue weighted by molar-refractivity contribution is 7.99. The predicted molar refractivity (Wildman–Crippen MR) is 122 cm³/mol. The van der Waals surface area contributed by atoms with Crippen LogP contribution >= 0.6 is 35.0 Å². The van der Waals surface area contributed by atoms with E-state index in [0.29, 0.717) is 28.9 Å². The number of hydrogen-bond acceptors (Lipinski definition) is 3. The third-order valence-corrected chi connectivity index (χ3v) is 6.16. The van der Waals surface area contributed by atoms with Gasteiger partial charge in [0.25, 0.3) is 0 Å². The van der Waals surface area contributed by atoms with E-state index in [1.807, 2.05) is 32.0 Å². The van der Waals surface area contributed by atoms with E-state index in [1.165, 1.54) is 11.1 Å². The lowest BCUT2D eigenvalue weighted by Crippen LogP contribution is -2.48. The minimum atomic E-state index is -0.587. The van der Waals surface area contributed by atoms with Gasteiger partial charge in [-0.05, 0) is 44.0 Å². The summed E-state index contributed by atoms with van der Waals surface area (Å²) in [5, 5.41) is 3.67. The number of aryl methyl sites for hydroxylation is 1. The minimum absolute atomic E-state index is 0.0903. The van der Waals surface area contributed by atoms with Crippen molar-refractivity contribution in [3.05, 3.63) is 69.2 Å². The molecule has 0 spiro atoms. The number of halogens is 2. The first-order chi connectivity index (χ1) is 13.8. The van der Waals surface area contributed by atoms with Gasteiger partial charge in [-0.3, -0.25) is 9.59 Å². The Morgan fingerprint density at radius 3 is 2.52 bits per heavy atom. The predicted octanol–water partition coefficient (Wildman–Crippen LogP) is 5.09. The molecule has 7 heteroatoms. The number of nitrogens with one attached hydrogen (secondary N) is 1. The molecule has 0 bridgehead atoms. The van der Waals surface area contributed by atoms with E-state index in [0.717, 1.165) is 11.3 Å².